The summed E-state index contributed by atoms with van der Waals surface area (Å²) in [6.07, 6.45) is 2.78. The van der Waals surface area contributed by atoms with Gasteiger partial charge >= 0.3 is 0 Å². The molecule has 1 aliphatic heterocycles. The Kier molecular flexibility index (Phi) is 10.8. The minimum atomic E-state index is 0. The molecule has 0 bridgehead atoms. The fourth-order valence-corrected chi connectivity index (χ4v) is 3.63. The Morgan fingerprint density at radius 2 is 1.96 bits per heavy atom. The molecule has 1 aliphatic rings. The topological polar surface area (TPSA) is 44.7 Å². The standard InChI is InChI=1S/C15H20Br2N2O2.2ClH/c1-3-4-11(19-7-5-18-6-8-19)10-9-12(21-2)15(20)14(17)13(10)16;;/h3,9,11,18,20H,1,4-8H2,2H3;2*1H/t11-;;/m1../s1. The third-order valence-corrected chi connectivity index (χ3v) is 5.89. The molecule has 0 saturated carbocycles. The first-order valence-corrected chi connectivity index (χ1v) is 8.49. The molecule has 1 fully saturated rings. The van der Waals surface area contributed by atoms with Crippen molar-refractivity contribution in [1.29, 1.82) is 0 Å². The van der Waals surface area contributed by atoms with Gasteiger partial charge in [0.1, 0.15) is 0 Å². The van der Waals surface area contributed by atoms with Gasteiger partial charge in [-0.3, -0.25) is 4.90 Å². The van der Waals surface area contributed by atoms with Gasteiger partial charge in [0.2, 0.25) is 0 Å². The van der Waals surface area contributed by atoms with E-state index >= 15 is 0 Å². The molecule has 0 unspecified atom stereocenters. The predicted molar refractivity (Wildman–Crippen MR) is 107 cm³/mol. The second kappa shape index (κ2) is 10.8. The molecule has 0 spiro atoms. The molecule has 0 radical (unpaired) electrons. The highest BCUT2D eigenvalue weighted by Crippen LogP contribution is 2.45. The van der Waals surface area contributed by atoms with Crippen LogP contribution in [0, 0.1) is 0 Å². The number of ether oxygens (including phenoxy) is 1. The van der Waals surface area contributed by atoms with Gasteiger partial charge in [-0.05, 0) is 49.9 Å². The maximum absolute atomic E-state index is 10.1. The number of aromatic hydroxyl groups is 1. The lowest BCUT2D eigenvalue weighted by Crippen LogP contribution is -2.45. The second-order valence-electron chi connectivity index (χ2n) is 4.97. The summed E-state index contributed by atoms with van der Waals surface area (Å²) in [4.78, 5) is 2.43. The number of rotatable bonds is 5. The van der Waals surface area contributed by atoms with Crippen LogP contribution in [-0.4, -0.2) is 43.3 Å². The van der Waals surface area contributed by atoms with Crippen LogP contribution in [0.2, 0.25) is 0 Å². The van der Waals surface area contributed by atoms with Crippen LogP contribution in [-0.2, 0) is 0 Å². The largest absolute Gasteiger partial charge is 0.503 e. The lowest BCUT2D eigenvalue weighted by Gasteiger charge is -2.35. The Labute approximate surface area is 166 Å². The fourth-order valence-electron chi connectivity index (χ4n) is 2.63. The number of phenolic OH excluding ortho intramolecular Hbond substituents is 1. The van der Waals surface area contributed by atoms with E-state index in [2.05, 4.69) is 48.7 Å². The summed E-state index contributed by atoms with van der Waals surface area (Å²) in [7, 11) is 1.56. The lowest BCUT2D eigenvalue weighted by atomic mass is 10.0. The fraction of sp³-hybridized carbons (Fsp3) is 0.467. The normalized spacial score (nSPS) is 16.0. The molecule has 2 N–H and O–H groups in total. The van der Waals surface area contributed by atoms with E-state index in [0.717, 1.165) is 42.6 Å². The van der Waals surface area contributed by atoms with Crippen LogP contribution >= 0.6 is 56.7 Å². The third kappa shape index (κ3) is 5.25. The quantitative estimate of drug-likeness (QED) is 0.602. The highest BCUT2D eigenvalue weighted by atomic mass is 79.9. The van der Waals surface area contributed by atoms with Crippen LogP contribution in [0.15, 0.2) is 27.7 Å². The molecular formula is C15H22Br2Cl2N2O2. The van der Waals surface area contributed by atoms with Crippen molar-refractivity contribution in [3.63, 3.8) is 0 Å². The summed E-state index contributed by atoms with van der Waals surface area (Å²) in [6.45, 7) is 7.84. The van der Waals surface area contributed by atoms with Crippen molar-refractivity contribution in [3.8, 4) is 11.5 Å². The van der Waals surface area contributed by atoms with Gasteiger partial charge in [-0.1, -0.05) is 6.08 Å². The lowest BCUT2D eigenvalue weighted by molar-refractivity contribution is 0.173. The Morgan fingerprint density at radius 3 is 2.48 bits per heavy atom. The molecule has 1 aromatic rings. The zero-order chi connectivity index (χ0) is 15.4. The number of phenols is 1. The molecule has 132 valence electrons. The molecule has 0 amide bonds. The maximum atomic E-state index is 10.1. The molecule has 1 atom stereocenters. The first kappa shape index (κ1) is 23.0. The van der Waals surface area contributed by atoms with Gasteiger partial charge in [-0.15, -0.1) is 31.4 Å². The van der Waals surface area contributed by atoms with Crippen LogP contribution in [0.5, 0.6) is 11.5 Å². The first-order valence-electron chi connectivity index (χ1n) is 6.90. The number of nitrogens with one attached hydrogen (secondary N) is 1. The van der Waals surface area contributed by atoms with E-state index in [9.17, 15) is 5.11 Å². The van der Waals surface area contributed by atoms with Crippen molar-refractivity contribution < 1.29 is 9.84 Å². The van der Waals surface area contributed by atoms with Gasteiger partial charge in [-0.2, -0.15) is 0 Å². The average molecular weight is 493 g/mol. The van der Waals surface area contributed by atoms with E-state index in [1.165, 1.54) is 0 Å². The Morgan fingerprint density at radius 1 is 1.35 bits per heavy atom. The van der Waals surface area contributed by atoms with Crippen LogP contribution in [0.4, 0.5) is 0 Å². The number of benzene rings is 1. The number of nitrogens with zero attached hydrogens (tertiary/aromatic N) is 1. The van der Waals surface area contributed by atoms with Crippen molar-refractivity contribution in [1.82, 2.24) is 10.2 Å². The third-order valence-electron chi connectivity index (χ3n) is 3.74. The average Bonchev–Trinajstić information content (AvgIpc) is 2.52. The highest BCUT2D eigenvalue weighted by molar-refractivity contribution is 9.13. The van der Waals surface area contributed by atoms with Crippen molar-refractivity contribution in [2.45, 2.75) is 12.5 Å². The Bertz CT molecular complexity index is 527. The smallest absolute Gasteiger partial charge is 0.173 e. The highest BCUT2D eigenvalue weighted by Gasteiger charge is 2.26. The number of hydrogen-bond acceptors (Lipinski definition) is 4. The van der Waals surface area contributed by atoms with E-state index in [-0.39, 0.29) is 36.6 Å². The molecule has 1 heterocycles. The zero-order valence-corrected chi connectivity index (χ0v) is 17.7. The summed E-state index contributed by atoms with van der Waals surface area (Å²) >= 11 is 7.02. The van der Waals surface area contributed by atoms with Gasteiger partial charge in [0.05, 0.1) is 11.6 Å². The van der Waals surface area contributed by atoms with E-state index in [1.54, 1.807) is 7.11 Å². The minimum absolute atomic E-state index is 0. The maximum Gasteiger partial charge on any atom is 0.173 e. The van der Waals surface area contributed by atoms with Crippen molar-refractivity contribution >= 4 is 56.7 Å². The summed E-state index contributed by atoms with van der Waals surface area (Å²) in [5, 5.41) is 13.4. The number of halogens is 4. The molecule has 2 rings (SSSR count). The van der Waals surface area contributed by atoms with Gasteiger partial charge in [0.15, 0.2) is 11.5 Å². The minimum Gasteiger partial charge on any atom is -0.503 e. The molecule has 8 heteroatoms. The van der Waals surface area contributed by atoms with E-state index in [0.29, 0.717) is 10.2 Å². The van der Waals surface area contributed by atoms with Crippen LogP contribution < -0.4 is 10.1 Å². The molecule has 0 aromatic heterocycles. The van der Waals surface area contributed by atoms with Crippen molar-refractivity contribution in [2.24, 2.45) is 0 Å². The number of piperazine rings is 1. The van der Waals surface area contributed by atoms with Crippen molar-refractivity contribution in [3.05, 3.63) is 33.2 Å². The Hall–Kier alpha value is 0.0200. The van der Waals surface area contributed by atoms with Crippen LogP contribution in [0.1, 0.15) is 18.0 Å². The summed E-state index contributed by atoms with van der Waals surface area (Å²) in [6, 6.07) is 2.12. The van der Waals surface area contributed by atoms with E-state index in [1.807, 2.05) is 12.1 Å². The molecule has 4 nitrogen and oxygen atoms in total. The summed E-state index contributed by atoms with van der Waals surface area (Å²) in [5.41, 5.74) is 1.10. The number of methoxy groups -OCH3 is 1. The van der Waals surface area contributed by atoms with Crippen molar-refractivity contribution in [2.75, 3.05) is 33.3 Å². The van der Waals surface area contributed by atoms with Gasteiger partial charge in [0.25, 0.3) is 0 Å². The predicted octanol–water partition coefficient (Wildman–Crippen LogP) is 4.29. The second-order valence-corrected chi connectivity index (χ2v) is 6.56. The molecule has 0 aliphatic carbocycles. The summed E-state index contributed by atoms with van der Waals surface area (Å²) < 4.78 is 6.77. The summed E-state index contributed by atoms with van der Waals surface area (Å²) in [5.74, 6) is 0.593. The molecule has 23 heavy (non-hydrogen) atoms. The van der Waals surface area contributed by atoms with Crippen LogP contribution in [0.3, 0.4) is 0 Å². The molecule has 1 aromatic carbocycles. The van der Waals surface area contributed by atoms with E-state index < -0.39 is 0 Å². The SMILES string of the molecule is C=CC[C@H](c1cc(OC)c(O)c(Br)c1Br)N1CCNCC1.Cl.Cl. The molecule has 1 saturated heterocycles. The van der Waals surface area contributed by atoms with Gasteiger partial charge in [0, 0.05) is 36.7 Å². The number of hydrogen-bond donors (Lipinski definition) is 2. The van der Waals surface area contributed by atoms with Gasteiger partial charge in [-0.25, -0.2) is 0 Å². The van der Waals surface area contributed by atoms with Crippen LogP contribution in [0.25, 0.3) is 0 Å². The molecular weight excluding hydrogens is 471 g/mol. The zero-order valence-electron chi connectivity index (χ0n) is 12.8. The first-order chi connectivity index (χ1) is 10.1. The van der Waals surface area contributed by atoms with E-state index in [4.69, 9.17) is 4.74 Å². The Balaban J connectivity index is 0.00000242. The monoisotopic (exact) mass is 490 g/mol. The van der Waals surface area contributed by atoms with Gasteiger partial charge < -0.3 is 15.2 Å².